The number of thioether (sulfide) groups is 1. The fourth-order valence-corrected chi connectivity index (χ4v) is 3.01. The van der Waals surface area contributed by atoms with Gasteiger partial charge in [0.2, 0.25) is 0 Å². The fraction of sp³-hybridized carbons (Fsp3) is 0.412. The van der Waals surface area contributed by atoms with Crippen molar-refractivity contribution in [3.8, 4) is 0 Å². The molecule has 2 aromatic rings. The normalized spacial score (nSPS) is 12.2. The van der Waals surface area contributed by atoms with Crippen molar-refractivity contribution < 1.29 is 14.4 Å². The van der Waals surface area contributed by atoms with Gasteiger partial charge in [-0.2, -0.15) is 0 Å². The number of aryl methyl sites for hydroxylation is 1. The maximum Gasteiger partial charge on any atom is 0.254 e. The van der Waals surface area contributed by atoms with Crippen molar-refractivity contribution in [1.29, 1.82) is 0 Å². The largest absolute Gasteiger partial charge is 0.393 e. The van der Waals surface area contributed by atoms with Crippen molar-refractivity contribution >= 4 is 17.7 Å². The van der Waals surface area contributed by atoms with E-state index in [4.69, 9.17) is 4.52 Å². The van der Waals surface area contributed by atoms with Crippen LogP contribution in [0.5, 0.6) is 0 Å². The summed E-state index contributed by atoms with van der Waals surface area (Å²) < 4.78 is 5.20. The van der Waals surface area contributed by atoms with Crippen LogP contribution >= 0.6 is 11.8 Å². The molecule has 0 bridgehead atoms. The molecule has 1 heterocycles. The zero-order valence-corrected chi connectivity index (χ0v) is 14.5. The van der Waals surface area contributed by atoms with Gasteiger partial charge in [-0.05, 0) is 32.4 Å². The molecule has 5 nitrogen and oxygen atoms in total. The molecule has 1 N–H and O–H groups in total. The Morgan fingerprint density at radius 2 is 2.17 bits per heavy atom. The van der Waals surface area contributed by atoms with E-state index in [0.717, 1.165) is 16.3 Å². The Morgan fingerprint density at radius 1 is 1.43 bits per heavy atom. The summed E-state index contributed by atoms with van der Waals surface area (Å²) in [7, 11) is 1.76. The quantitative estimate of drug-likeness (QED) is 0.788. The zero-order valence-electron chi connectivity index (χ0n) is 13.7. The van der Waals surface area contributed by atoms with Crippen LogP contribution in [-0.4, -0.2) is 40.8 Å². The van der Waals surface area contributed by atoms with Crippen molar-refractivity contribution in [2.75, 3.05) is 13.6 Å². The lowest BCUT2D eigenvalue weighted by Gasteiger charge is -2.19. The third-order valence-corrected chi connectivity index (χ3v) is 4.49. The van der Waals surface area contributed by atoms with Crippen molar-refractivity contribution in [3.63, 3.8) is 0 Å². The Morgan fingerprint density at radius 3 is 2.83 bits per heavy atom. The van der Waals surface area contributed by atoms with E-state index in [2.05, 4.69) is 5.16 Å². The average Bonchev–Trinajstić information content (AvgIpc) is 2.95. The molecule has 0 aliphatic carbocycles. The highest BCUT2D eigenvalue weighted by Crippen LogP contribution is 2.27. The van der Waals surface area contributed by atoms with Crippen LogP contribution in [0, 0.1) is 6.92 Å². The number of nitrogens with zero attached hydrogens (tertiary/aromatic N) is 2. The SMILES string of the molecule is Cc1cc(CSc2ccccc2C(=O)N(C)CCC(C)O)on1. The highest BCUT2D eigenvalue weighted by atomic mass is 32.2. The van der Waals surface area contributed by atoms with Crippen molar-refractivity contribution in [3.05, 3.63) is 47.3 Å². The minimum absolute atomic E-state index is 0.0394. The van der Waals surface area contributed by atoms with E-state index in [1.54, 1.807) is 30.6 Å². The van der Waals surface area contributed by atoms with Crippen molar-refractivity contribution in [2.24, 2.45) is 0 Å². The molecular formula is C17H22N2O3S. The number of benzene rings is 1. The van der Waals surface area contributed by atoms with Crippen LogP contribution in [0.3, 0.4) is 0 Å². The van der Waals surface area contributed by atoms with Crippen molar-refractivity contribution in [2.45, 2.75) is 37.0 Å². The summed E-state index contributed by atoms with van der Waals surface area (Å²) in [6.07, 6.45) is 0.152. The second-order valence-corrected chi connectivity index (χ2v) is 6.60. The first-order valence-electron chi connectivity index (χ1n) is 7.55. The molecule has 0 fully saturated rings. The highest BCUT2D eigenvalue weighted by molar-refractivity contribution is 7.98. The number of carbonyl (C=O) groups excluding carboxylic acids is 1. The molecule has 0 radical (unpaired) electrons. The maximum atomic E-state index is 12.6. The lowest BCUT2D eigenvalue weighted by Crippen LogP contribution is -2.29. The third-order valence-electron chi connectivity index (χ3n) is 3.39. The van der Waals surface area contributed by atoms with Gasteiger partial charge in [-0.1, -0.05) is 17.3 Å². The zero-order chi connectivity index (χ0) is 16.8. The lowest BCUT2D eigenvalue weighted by molar-refractivity contribution is 0.0765. The highest BCUT2D eigenvalue weighted by Gasteiger charge is 2.16. The van der Waals surface area contributed by atoms with Crippen LogP contribution in [0.15, 0.2) is 39.8 Å². The van der Waals surface area contributed by atoms with Crippen LogP contribution in [0.4, 0.5) is 0 Å². The van der Waals surface area contributed by atoms with E-state index in [1.807, 2.05) is 37.3 Å². The number of aliphatic hydroxyl groups is 1. The second-order valence-electron chi connectivity index (χ2n) is 5.58. The topological polar surface area (TPSA) is 66.6 Å². The molecule has 23 heavy (non-hydrogen) atoms. The van der Waals surface area contributed by atoms with Gasteiger partial charge < -0.3 is 14.5 Å². The summed E-state index contributed by atoms with van der Waals surface area (Å²) in [5.41, 5.74) is 1.52. The van der Waals surface area contributed by atoms with Gasteiger partial charge in [-0.15, -0.1) is 11.8 Å². The first kappa shape index (κ1) is 17.6. The summed E-state index contributed by atoms with van der Waals surface area (Å²) >= 11 is 1.55. The first-order valence-corrected chi connectivity index (χ1v) is 8.53. The van der Waals surface area contributed by atoms with Crippen LogP contribution in [0.25, 0.3) is 0 Å². The minimum Gasteiger partial charge on any atom is -0.393 e. The summed E-state index contributed by atoms with van der Waals surface area (Å²) in [4.78, 5) is 15.1. The molecule has 6 heteroatoms. The van der Waals surface area contributed by atoms with Crippen molar-refractivity contribution in [1.82, 2.24) is 10.1 Å². The summed E-state index contributed by atoms with van der Waals surface area (Å²) in [6.45, 7) is 4.13. The van der Waals surface area contributed by atoms with E-state index in [0.29, 0.717) is 24.3 Å². The summed E-state index contributed by atoms with van der Waals surface area (Å²) in [5, 5.41) is 13.2. The molecule has 0 saturated carbocycles. The molecule has 0 aliphatic rings. The molecule has 1 amide bonds. The molecular weight excluding hydrogens is 312 g/mol. The van der Waals surface area contributed by atoms with Gasteiger partial charge in [0.15, 0.2) is 0 Å². The molecule has 0 saturated heterocycles. The number of carbonyl (C=O) groups is 1. The number of hydrogen-bond donors (Lipinski definition) is 1. The van der Waals surface area contributed by atoms with Gasteiger partial charge in [0.05, 0.1) is 23.1 Å². The second kappa shape index (κ2) is 8.17. The number of hydrogen-bond acceptors (Lipinski definition) is 5. The maximum absolute atomic E-state index is 12.6. The molecule has 0 spiro atoms. The Kier molecular flexibility index (Phi) is 6.24. The Bertz CT molecular complexity index is 655. The minimum atomic E-state index is -0.412. The Hall–Kier alpha value is -1.79. The van der Waals surface area contributed by atoms with Gasteiger partial charge in [0, 0.05) is 24.6 Å². The summed E-state index contributed by atoms with van der Waals surface area (Å²) in [6, 6.07) is 9.43. The summed E-state index contributed by atoms with van der Waals surface area (Å²) in [5.74, 6) is 1.38. The Labute approximate surface area is 140 Å². The fourth-order valence-electron chi connectivity index (χ4n) is 2.09. The Balaban J connectivity index is 2.05. The van der Waals surface area contributed by atoms with E-state index >= 15 is 0 Å². The number of amides is 1. The first-order chi connectivity index (χ1) is 11.0. The monoisotopic (exact) mass is 334 g/mol. The van der Waals surface area contributed by atoms with Crippen LogP contribution < -0.4 is 0 Å². The molecule has 1 aromatic heterocycles. The van der Waals surface area contributed by atoms with E-state index in [1.165, 1.54) is 0 Å². The number of aromatic nitrogens is 1. The number of aliphatic hydroxyl groups excluding tert-OH is 1. The predicted octanol–water partition coefficient (Wildman–Crippen LogP) is 3.12. The van der Waals surface area contributed by atoms with Gasteiger partial charge in [0.25, 0.3) is 5.91 Å². The average molecular weight is 334 g/mol. The van der Waals surface area contributed by atoms with Gasteiger partial charge in [0.1, 0.15) is 5.76 Å². The van der Waals surface area contributed by atoms with E-state index < -0.39 is 6.10 Å². The van der Waals surface area contributed by atoms with Crippen LogP contribution in [0.2, 0.25) is 0 Å². The molecule has 1 atom stereocenters. The van der Waals surface area contributed by atoms with E-state index in [9.17, 15) is 9.90 Å². The standard InChI is InChI=1S/C17H22N2O3S/c1-12-10-14(22-18-12)11-23-16-7-5-4-6-15(16)17(21)19(3)9-8-13(2)20/h4-7,10,13,20H,8-9,11H2,1-3H3. The third kappa shape index (κ3) is 5.11. The van der Waals surface area contributed by atoms with Gasteiger partial charge in [-0.3, -0.25) is 4.79 Å². The molecule has 2 rings (SSSR count). The molecule has 124 valence electrons. The smallest absolute Gasteiger partial charge is 0.254 e. The van der Waals surface area contributed by atoms with Crippen LogP contribution in [-0.2, 0) is 5.75 Å². The number of rotatable bonds is 7. The van der Waals surface area contributed by atoms with Gasteiger partial charge in [-0.25, -0.2) is 0 Å². The predicted molar refractivity (Wildman–Crippen MR) is 90.5 cm³/mol. The van der Waals surface area contributed by atoms with Gasteiger partial charge >= 0.3 is 0 Å². The molecule has 0 aliphatic heterocycles. The lowest BCUT2D eigenvalue weighted by atomic mass is 10.2. The molecule has 1 unspecified atom stereocenters. The molecule has 1 aromatic carbocycles. The van der Waals surface area contributed by atoms with E-state index in [-0.39, 0.29) is 5.91 Å². The van der Waals surface area contributed by atoms with Crippen LogP contribution in [0.1, 0.15) is 35.2 Å².